The quantitative estimate of drug-likeness (QED) is 0.788. The second-order valence-electron chi connectivity index (χ2n) is 6.32. The number of hydrogen-bond acceptors (Lipinski definition) is 2. The zero-order valence-corrected chi connectivity index (χ0v) is 13.4. The maximum Gasteiger partial charge on any atom is 0.319 e. The molecule has 4 heteroatoms. The minimum Gasteiger partial charge on any atom is -0.335 e. The SMILES string of the molecule is CNC(C)c1cccc(NC(=O)NC(C)C(C)(C)C)c1. The van der Waals surface area contributed by atoms with Crippen molar-refractivity contribution in [3.8, 4) is 0 Å². The second-order valence-corrected chi connectivity index (χ2v) is 6.32. The lowest BCUT2D eigenvalue weighted by Gasteiger charge is -2.28. The van der Waals surface area contributed by atoms with E-state index in [1.807, 2.05) is 38.2 Å². The van der Waals surface area contributed by atoms with Crippen LogP contribution in [0.5, 0.6) is 0 Å². The van der Waals surface area contributed by atoms with E-state index in [1.54, 1.807) is 0 Å². The molecule has 4 nitrogen and oxygen atoms in total. The molecule has 0 radical (unpaired) electrons. The number of carbonyl (C=O) groups is 1. The average molecular weight is 277 g/mol. The highest BCUT2D eigenvalue weighted by Gasteiger charge is 2.21. The molecular formula is C16H27N3O. The van der Waals surface area contributed by atoms with Gasteiger partial charge in [-0.05, 0) is 44.0 Å². The van der Waals surface area contributed by atoms with E-state index in [-0.39, 0.29) is 23.5 Å². The fraction of sp³-hybridized carbons (Fsp3) is 0.562. The van der Waals surface area contributed by atoms with Crippen LogP contribution in [0.15, 0.2) is 24.3 Å². The van der Waals surface area contributed by atoms with E-state index < -0.39 is 0 Å². The lowest BCUT2D eigenvalue weighted by molar-refractivity contribution is 0.233. The summed E-state index contributed by atoms with van der Waals surface area (Å²) in [5.74, 6) is 0. The Balaban J connectivity index is 2.67. The molecule has 0 aliphatic rings. The van der Waals surface area contributed by atoms with Gasteiger partial charge in [0.1, 0.15) is 0 Å². The largest absolute Gasteiger partial charge is 0.335 e. The zero-order valence-electron chi connectivity index (χ0n) is 13.4. The molecule has 0 heterocycles. The van der Waals surface area contributed by atoms with E-state index in [0.29, 0.717) is 0 Å². The van der Waals surface area contributed by atoms with Gasteiger partial charge in [0.05, 0.1) is 0 Å². The topological polar surface area (TPSA) is 53.2 Å². The molecule has 0 bridgehead atoms. The van der Waals surface area contributed by atoms with Gasteiger partial charge in [0.25, 0.3) is 0 Å². The van der Waals surface area contributed by atoms with Crippen molar-refractivity contribution in [1.82, 2.24) is 10.6 Å². The molecule has 0 aliphatic heterocycles. The molecular weight excluding hydrogens is 250 g/mol. The van der Waals surface area contributed by atoms with Crippen molar-refractivity contribution in [2.75, 3.05) is 12.4 Å². The van der Waals surface area contributed by atoms with Crippen LogP contribution in [-0.4, -0.2) is 19.1 Å². The Kier molecular flexibility index (Phi) is 5.57. The maximum absolute atomic E-state index is 12.0. The first kappa shape index (κ1) is 16.5. The Hall–Kier alpha value is -1.55. The standard InChI is InChI=1S/C16H27N3O/c1-11(17-6)13-8-7-9-14(10-13)19-15(20)18-12(2)16(3,4)5/h7-12,17H,1-6H3,(H2,18,19,20). The fourth-order valence-electron chi connectivity index (χ4n) is 1.63. The molecule has 1 aromatic rings. The monoisotopic (exact) mass is 277 g/mol. The van der Waals surface area contributed by atoms with Crippen molar-refractivity contribution in [2.45, 2.75) is 46.7 Å². The molecule has 2 amide bonds. The lowest BCUT2D eigenvalue weighted by Crippen LogP contribution is -2.43. The number of amides is 2. The number of rotatable bonds is 4. The van der Waals surface area contributed by atoms with Crippen LogP contribution in [0.1, 0.15) is 46.2 Å². The number of urea groups is 1. The maximum atomic E-state index is 12.0. The smallest absolute Gasteiger partial charge is 0.319 e. The Morgan fingerprint density at radius 3 is 2.40 bits per heavy atom. The molecule has 2 unspecified atom stereocenters. The Morgan fingerprint density at radius 1 is 1.20 bits per heavy atom. The Morgan fingerprint density at radius 2 is 1.85 bits per heavy atom. The van der Waals surface area contributed by atoms with Crippen LogP contribution in [0, 0.1) is 5.41 Å². The van der Waals surface area contributed by atoms with Gasteiger partial charge in [-0.15, -0.1) is 0 Å². The second kappa shape index (κ2) is 6.75. The van der Waals surface area contributed by atoms with E-state index in [1.165, 1.54) is 0 Å². The van der Waals surface area contributed by atoms with Gasteiger partial charge in [0, 0.05) is 17.8 Å². The highest BCUT2D eigenvalue weighted by Crippen LogP contribution is 2.19. The van der Waals surface area contributed by atoms with Gasteiger partial charge in [-0.3, -0.25) is 0 Å². The summed E-state index contributed by atoms with van der Waals surface area (Å²) in [6, 6.07) is 8.07. The minimum atomic E-state index is -0.165. The third-order valence-corrected chi connectivity index (χ3v) is 3.72. The summed E-state index contributed by atoms with van der Waals surface area (Å²) in [5, 5.41) is 9.04. The summed E-state index contributed by atoms with van der Waals surface area (Å²) in [5.41, 5.74) is 2.00. The van der Waals surface area contributed by atoms with E-state index in [9.17, 15) is 4.79 Å². The van der Waals surface area contributed by atoms with Crippen LogP contribution < -0.4 is 16.0 Å². The van der Waals surface area contributed by atoms with Crippen molar-refractivity contribution < 1.29 is 4.79 Å². The molecule has 0 fully saturated rings. The van der Waals surface area contributed by atoms with E-state index in [0.717, 1.165) is 11.3 Å². The van der Waals surface area contributed by atoms with Gasteiger partial charge in [-0.2, -0.15) is 0 Å². The molecule has 0 aromatic heterocycles. The van der Waals surface area contributed by atoms with Crippen LogP contribution in [0.25, 0.3) is 0 Å². The highest BCUT2D eigenvalue weighted by atomic mass is 16.2. The summed E-state index contributed by atoms with van der Waals surface area (Å²) in [4.78, 5) is 12.0. The Bertz CT molecular complexity index is 451. The Labute approximate surface area is 122 Å². The summed E-state index contributed by atoms with van der Waals surface area (Å²) in [7, 11) is 1.92. The van der Waals surface area contributed by atoms with Crippen LogP contribution in [0.3, 0.4) is 0 Å². The predicted octanol–water partition coefficient (Wildman–Crippen LogP) is 3.52. The molecule has 2 atom stereocenters. The summed E-state index contributed by atoms with van der Waals surface area (Å²) in [6.45, 7) is 10.4. The number of nitrogens with one attached hydrogen (secondary N) is 3. The number of anilines is 1. The first-order valence-electron chi connectivity index (χ1n) is 7.08. The van der Waals surface area contributed by atoms with Gasteiger partial charge >= 0.3 is 6.03 Å². The molecule has 0 saturated carbocycles. The van der Waals surface area contributed by atoms with Gasteiger partial charge in [0.2, 0.25) is 0 Å². The molecule has 20 heavy (non-hydrogen) atoms. The predicted molar refractivity (Wildman–Crippen MR) is 85.0 cm³/mol. The lowest BCUT2D eigenvalue weighted by atomic mass is 9.88. The summed E-state index contributed by atoms with van der Waals surface area (Å²) < 4.78 is 0. The van der Waals surface area contributed by atoms with Gasteiger partial charge in [-0.25, -0.2) is 4.79 Å². The fourth-order valence-corrected chi connectivity index (χ4v) is 1.63. The van der Waals surface area contributed by atoms with Crippen molar-refractivity contribution in [3.63, 3.8) is 0 Å². The summed E-state index contributed by atoms with van der Waals surface area (Å²) >= 11 is 0. The molecule has 0 saturated heterocycles. The third kappa shape index (κ3) is 4.85. The minimum absolute atomic E-state index is 0.0415. The number of benzene rings is 1. The van der Waals surface area contributed by atoms with Gasteiger partial charge in [0.15, 0.2) is 0 Å². The van der Waals surface area contributed by atoms with Crippen LogP contribution in [0.2, 0.25) is 0 Å². The zero-order chi connectivity index (χ0) is 15.3. The van der Waals surface area contributed by atoms with Crippen molar-refractivity contribution in [1.29, 1.82) is 0 Å². The molecule has 0 spiro atoms. The number of hydrogen-bond donors (Lipinski definition) is 3. The average Bonchev–Trinajstić information content (AvgIpc) is 2.36. The van der Waals surface area contributed by atoms with Gasteiger partial charge < -0.3 is 16.0 Å². The first-order valence-corrected chi connectivity index (χ1v) is 7.08. The number of carbonyl (C=O) groups excluding carboxylic acids is 1. The van der Waals surface area contributed by atoms with Gasteiger partial charge in [-0.1, -0.05) is 32.9 Å². The van der Waals surface area contributed by atoms with Crippen LogP contribution in [-0.2, 0) is 0 Å². The molecule has 112 valence electrons. The van der Waals surface area contributed by atoms with Crippen molar-refractivity contribution in [3.05, 3.63) is 29.8 Å². The molecule has 1 rings (SSSR count). The molecule has 0 aliphatic carbocycles. The van der Waals surface area contributed by atoms with Crippen LogP contribution in [0.4, 0.5) is 10.5 Å². The first-order chi connectivity index (χ1) is 9.24. The normalized spacial score (nSPS) is 14.5. The third-order valence-electron chi connectivity index (χ3n) is 3.72. The molecule has 1 aromatic carbocycles. The summed E-state index contributed by atoms with van der Waals surface area (Å²) in [6.07, 6.45) is 0. The highest BCUT2D eigenvalue weighted by molar-refractivity contribution is 5.89. The molecule has 3 N–H and O–H groups in total. The van der Waals surface area contributed by atoms with Crippen molar-refractivity contribution in [2.24, 2.45) is 5.41 Å². The van der Waals surface area contributed by atoms with E-state index in [2.05, 4.69) is 43.6 Å². The van der Waals surface area contributed by atoms with E-state index >= 15 is 0 Å². The van der Waals surface area contributed by atoms with Crippen molar-refractivity contribution >= 4 is 11.7 Å². The van der Waals surface area contributed by atoms with E-state index in [4.69, 9.17) is 0 Å². The van der Waals surface area contributed by atoms with Crippen LogP contribution >= 0.6 is 0 Å².